The molecule has 0 aliphatic rings. The standard InChI is InChI=1S/C22H22N4Se/c1-3-7-19(8-4-1)21(15-25-13-11-23-17-25)27-22(16-26-14-12-24-18-26)20-9-5-2-6-10-20/h1-14,17-18,21-22H,15-16H2. The monoisotopic (exact) mass is 422 g/mol. The molecule has 2 unspecified atom stereocenters. The molecule has 5 heteroatoms. The van der Waals surface area contributed by atoms with Gasteiger partial charge in [-0.2, -0.15) is 0 Å². The van der Waals surface area contributed by atoms with Crippen LogP contribution in [0.5, 0.6) is 0 Å². The van der Waals surface area contributed by atoms with E-state index in [-0.39, 0.29) is 0 Å². The first kappa shape index (κ1) is 17.8. The molecule has 2 aromatic carbocycles. The van der Waals surface area contributed by atoms with Crippen LogP contribution in [0.2, 0.25) is 0 Å². The van der Waals surface area contributed by atoms with Crippen molar-refractivity contribution in [3.05, 3.63) is 109 Å². The first-order valence-electron chi connectivity index (χ1n) is 9.05. The molecular weight excluding hydrogens is 399 g/mol. The van der Waals surface area contributed by atoms with E-state index in [1.54, 1.807) is 0 Å². The van der Waals surface area contributed by atoms with Crippen LogP contribution in [0.25, 0.3) is 0 Å². The molecule has 27 heavy (non-hydrogen) atoms. The molecule has 0 saturated heterocycles. The van der Waals surface area contributed by atoms with Crippen LogP contribution in [-0.2, 0) is 13.1 Å². The van der Waals surface area contributed by atoms with E-state index >= 15 is 0 Å². The molecule has 0 fully saturated rings. The molecule has 2 heterocycles. The number of nitrogens with zero attached hydrogens (tertiary/aromatic N) is 4. The molecule has 4 aromatic rings. The zero-order chi connectivity index (χ0) is 18.3. The third-order valence-corrected chi connectivity index (χ3v) is 7.69. The summed E-state index contributed by atoms with van der Waals surface area (Å²) in [6.07, 6.45) is 11.7. The summed E-state index contributed by atoms with van der Waals surface area (Å²) in [5.41, 5.74) is 2.80. The summed E-state index contributed by atoms with van der Waals surface area (Å²) in [6, 6.07) is 21.7. The van der Waals surface area contributed by atoms with Gasteiger partial charge < -0.3 is 0 Å². The van der Waals surface area contributed by atoms with Crippen LogP contribution in [0.4, 0.5) is 0 Å². The third kappa shape index (κ3) is 4.76. The van der Waals surface area contributed by atoms with Crippen LogP contribution in [0.3, 0.4) is 0 Å². The number of imidazole rings is 2. The minimum atomic E-state index is 0.358. The van der Waals surface area contributed by atoms with Gasteiger partial charge in [0.25, 0.3) is 0 Å². The van der Waals surface area contributed by atoms with E-state index in [0.717, 1.165) is 13.1 Å². The van der Waals surface area contributed by atoms with Gasteiger partial charge in [-0.05, 0) is 0 Å². The predicted octanol–water partition coefficient (Wildman–Crippen LogP) is 3.97. The van der Waals surface area contributed by atoms with Crippen LogP contribution in [-0.4, -0.2) is 34.1 Å². The van der Waals surface area contributed by atoms with Gasteiger partial charge in [-0.15, -0.1) is 0 Å². The van der Waals surface area contributed by atoms with Crippen molar-refractivity contribution in [3.63, 3.8) is 0 Å². The van der Waals surface area contributed by atoms with Gasteiger partial charge in [-0.1, -0.05) is 0 Å². The number of rotatable bonds is 8. The first-order chi connectivity index (χ1) is 13.4. The van der Waals surface area contributed by atoms with E-state index in [1.165, 1.54) is 11.1 Å². The van der Waals surface area contributed by atoms with Crippen molar-refractivity contribution in [2.24, 2.45) is 0 Å². The zero-order valence-corrected chi connectivity index (χ0v) is 16.7. The van der Waals surface area contributed by atoms with Gasteiger partial charge in [-0.3, -0.25) is 0 Å². The van der Waals surface area contributed by atoms with Gasteiger partial charge in [0.1, 0.15) is 0 Å². The van der Waals surface area contributed by atoms with Crippen LogP contribution < -0.4 is 0 Å². The second-order valence-corrected chi connectivity index (χ2v) is 9.41. The molecule has 136 valence electrons. The molecule has 0 aliphatic carbocycles. The minimum absolute atomic E-state index is 0.358. The average Bonchev–Trinajstić information content (AvgIpc) is 3.42. The molecule has 0 amide bonds. The summed E-state index contributed by atoms with van der Waals surface area (Å²) < 4.78 is 4.39. The number of hydrogen-bond donors (Lipinski definition) is 0. The molecule has 4 rings (SSSR count). The van der Waals surface area contributed by atoms with Crippen molar-refractivity contribution < 1.29 is 0 Å². The second-order valence-electron chi connectivity index (χ2n) is 6.45. The van der Waals surface area contributed by atoms with Crippen LogP contribution >= 0.6 is 0 Å². The van der Waals surface area contributed by atoms with E-state index in [1.807, 2.05) is 25.0 Å². The van der Waals surface area contributed by atoms with Gasteiger partial charge in [0.15, 0.2) is 0 Å². The fourth-order valence-corrected chi connectivity index (χ4v) is 6.39. The maximum atomic E-state index is 4.22. The molecule has 0 spiro atoms. The van der Waals surface area contributed by atoms with Crippen molar-refractivity contribution >= 4 is 15.0 Å². The Hall–Kier alpha value is -2.62. The van der Waals surface area contributed by atoms with E-state index in [2.05, 4.69) is 92.2 Å². The second kappa shape index (κ2) is 8.85. The maximum absolute atomic E-state index is 4.22. The van der Waals surface area contributed by atoms with Crippen LogP contribution in [0.15, 0.2) is 98.1 Å². The summed E-state index contributed by atoms with van der Waals surface area (Å²) in [6.45, 7) is 1.91. The molecule has 0 aliphatic heterocycles. The Bertz CT molecular complexity index is 828. The van der Waals surface area contributed by atoms with Crippen molar-refractivity contribution in [2.45, 2.75) is 22.7 Å². The van der Waals surface area contributed by atoms with E-state index in [9.17, 15) is 0 Å². The average molecular weight is 421 g/mol. The van der Waals surface area contributed by atoms with Gasteiger partial charge in [0.2, 0.25) is 0 Å². The SMILES string of the molecule is c1ccc(C(Cn2ccnc2)[Se]C(Cn2ccnc2)c2ccccc2)cc1. The summed E-state index contributed by atoms with van der Waals surface area (Å²) in [4.78, 5) is 9.40. The van der Waals surface area contributed by atoms with Gasteiger partial charge >= 0.3 is 166 Å². The number of aromatic nitrogens is 4. The molecular formula is C22H22N4Se. The molecule has 0 radical (unpaired) electrons. The normalized spacial score (nSPS) is 13.3. The Balaban J connectivity index is 1.62. The summed E-state index contributed by atoms with van der Waals surface area (Å²) >= 11 is 0.358. The number of hydrogen-bond acceptors (Lipinski definition) is 2. The van der Waals surface area contributed by atoms with Gasteiger partial charge in [-0.25, -0.2) is 0 Å². The van der Waals surface area contributed by atoms with Crippen molar-refractivity contribution in [1.82, 2.24) is 19.1 Å². The van der Waals surface area contributed by atoms with Crippen LogP contribution in [0, 0.1) is 0 Å². The van der Waals surface area contributed by atoms with Gasteiger partial charge in [0, 0.05) is 0 Å². The predicted molar refractivity (Wildman–Crippen MR) is 109 cm³/mol. The molecule has 0 bridgehead atoms. The molecule has 0 saturated carbocycles. The first-order valence-corrected chi connectivity index (χ1v) is 11.0. The Morgan fingerprint density at radius 3 is 1.48 bits per heavy atom. The molecule has 2 atom stereocenters. The van der Waals surface area contributed by atoms with Crippen molar-refractivity contribution in [2.75, 3.05) is 0 Å². The molecule has 2 aromatic heterocycles. The third-order valence-electron chi connectivity index (χ3n) is 4.54. The Morgan fingerprint density at radius 1 is 0.667 bits per heavy atom. The summed E-state index contributed by atoms with van der Waals surface area (Å²) in [5.74, 6) is 0. The van der Waals surface area contributed by atoms with E-state index in [0.29, 0.717) is 24.6 Å². The van der Waals surface area contributed by atoms with Gasteiger partial charge in [0.05, 0.1) is 0 Å². The van der Waals surface area contributed by atoms with Crippen molar-refractivity contribution in [3.8, 4) is 0 Å². The topological polar surface area (TPSA) is 35.6 Å². The van der Waals surface area contributed by atoms with E-state index < -0.39 is 0 Å². The summed E-state index contributed by atoms with van der Waals surface area (Å²) in [5, 5.41) is 0. The fourth-order valence-electron chi connectivity index (χ4n) is 3.16. The Labute approximate surface area is 166 Å². The zero-order valence-electron chi connectivity index (χ0n) is 15.0. The fraction of sp³-hybridized carbons (Fsp3) is 0.182. The van der Waals surface area contributed by atoms with E-state index in [4.69, 9.17) is 0 Å². The number of benzene rings is 2. The molecule has 4 nitrogen and oxygen atoms in total. The quantitative estimate of drug-likeness (QED) is 0.404. The Morgan fingerprint density at radius 2 is 1.11 bits per heavy atom. The van der Waals surface area contributed by atoms with Crippen LogP contribution in [0.1, 0.15) is 20.8 Å². The summed E-state index contributed by atoms with van der Waals surface area (Å²) in [7, 11) is 0. The molecule has 0 N–H and O–H groups in total. The van der Waals surface area contributed by atoms with Crippen molar-refractivity contribution in [1.29, 1.82) is 0 Å². The Kier molecular flexibility index (Phi) is 5.83.